The lowest BCUT2D eigenvalue weighted by Crippen LogP contribution is -2.05. The van der Waals surface area contributed by atoms with Gasteiger partial charge in [0.1, 0.15) is 11.4 Å². The van der Waals surface area contributed by atoms with Crippen molar-refractivity contribution < 1.29 is 19.0 Å². The van der Waals surface area contributed by atoms with Crippen LogP contribution < -0.4 is 15.2 Å². The molecule has 1 aromatic heterocycles. The largest absolute Gasteiger partial charge is 0.493 e. The molecule has 0 radical (unpaired) electrons. The van der Waals surface area contributed by atoms with E-state index < -0.39 is 5.97 Å². The standard InChI is InChI=1S/C15H18N2O4/c1-4-21-15(18)10-8-11(17-14(10)16)9-5-6-12(19-2)13(7-9)20-3/h5-8,17H,4,16H2,1-3H3. The predicted molar refractivity (Wildman–Crippen MR) is 79.7 cm³/mol. The van der Waals surface area contributed by atoms with Gasteiger partial charge in [0, 0.05) is 11.3 Å². The molecule has 112 valence electrons. The predicted octanol–water partition coefficient (Wildman–Crippen LogP) is 2.46. The lowest BCUT2D eigenvalue weighted by Gasteiger charge is -2.08. The highest BCUT2D eigenvalue weighted by atomic mass is 16.5. The summed E-state index contributed by atoms with van der Waals surface area (Å²) >= 11 is 0. The highest BCUT2D eigenvalue weighted by Gasteiger charge is 2.16. The minimum atomic E-state index is -0.446. The molecule has 0 spiro atoms. The summed E-state index contributed by atoms with van der Waals surface area (Å²) in [6.45, 7) is 2.05. The first-order chi connectivity index (χ1) is 10.1. The zero-order valence-electron chi connectivity index (χ0n) is 12.2. The molecule has 1 aromatic carbocycles. The molecule has 0 fully saturated rings. The van der Waals surface area contributed by atoms with Gasteiger partial charge in [0.05, 0.1) is 20.8 Å². The van der Waals surface area contributed by atoms with Gasteiger partial charge in [-0.15, -0.1) is 0 Å². The van der Waals surface area contributed by atoms with Crippen molar-refractivity contribution in [1.82, 2.24) is 4.98 Å². The third-order valence-corrected chi connectivity index (χ3v) is 3.04. The van der Waals surface area contributed by atoms with Gasteiger partial charge in [0.25, 0.3) is 0 Å². The Balaban J connectivity index is 2.39. The number of hydrogen-bond donors (Lipinski definition) is 2. The van der Waals surface area contributed by atoms with Crippen LogP contribution in [0.1, 0.15) is 17.3 Å². The summed E-state index contributed by atoms with van der Waals surface area (Å²) in [5, 5.41) is 0. The van der Waals surface area contributed by atoms with Crippen LogP contribution in [0.15, 0.2) is 24.3 Å². The first kappa shape index (κ1) is 14.8. The molecule has 0 saturated carbocycles. The molecule has 0 bridgehead atoms. The summed E-state index contributed by atoms with van der Waals surface area (Å²) in [6.07, 6.45) is 0. The molecule has 0 aliphatic rings. The maximum Gasteiger partial charge on any atom is 0.341 e. The summed E-state index contributed by atoms with van der Waals surface area (Å²) in [5.74, 6) is 1.06. The van der Waals surface area contributed by atoms with Crippen LogP contribution in [-0.4, -0.2) is 31.8 Å². The van der Waals surface area contributed by atoms with Crippen LogP contribution >= 0.6 is 0 Å². The van der Waals surface area contributed by atoms with Crippen molar-refractivity contribution >= 4 is 11.8 Å². The molecule has 3 N–H and O–H groups in total. The number of carbonyl (C=O) groups excluding carboxylic acids is 1. The molecule has 0 unspecified atom stereocenters. The van der Waals surface area contributed by atoms with Crippen molar-refractivity contribution in [1.29, 1.82) is 0 Å². The second-order valence-electron chi connectivity index (χ2n) is 4.30. The maximum atomic E-state index is 11.8. The number of anilines is 1. The molecular weight excluding hydrogens is 272 g/mol. The van der Waals surface area contributed by atoms with Gasteiger partial charge < -0.3 is 24.9 Å². The van der Waals surface area contributed by atoms with Gasteiger partial charge in [-0.3, -0.25) is 0 Å². The number of nitrogens with two attached hydrogens (primary N) is 1. The van der Waals surface area contributed by atoms with Crippen molar-refractivity contribution in [3.8, 4) is 22.8 Å². The average molecular weight is 290 g/mol. The first-order valence-electron chi connectivity index (χ1n) is 6.48. The van der Waals surface area contributed by atoms with E-state index in [2.05, 4.69) is 4.98 Å². The molecular formula is C15H18N2O4. The second kappa shape index (κ2) is 6.21. The summed E-state index contributed by atoms with van der Waals surface area (Å²) in [6, 6.07) is 7.10. The average Bonchev–Trinajstić information content (AvgIpc) is 2.88. The van der Waals surface area contributed by atoms with E-state index in [0.717, 1.165) is 5.56 Å². The van der Waals surface area contributed by atoms with Crippen molar-refractivity contribution in [3.05, 3.63) is 29.8 Å². The molecule has 2 aromatic rings. The second-order valence-corrected chi connectivity index (χ2v) is 4.30. The van der Waals surface area contributed by atoms with Gasteiger partial charge in [-0.1, -0.05) is 0 Å². The lowest BCUT2D eigenvalue weighted by atomic mass is 10.1. The lowest BCUT2D eigenvalue weighted by molar-refractivity contribution is 0.0528. The Labute approximate surface area is 122 Å². The fraction of sp³-hybridized carbons (Fsp3) is 0.267. The van der Waals surface area contributed by atoms with Crippen LogP contribution in [0.3, 0.4) is 0 Å². The van der Waals surface area contributed by atoms with Gasteiger partial charge in [0.15, 0.2) is 11.5 Å². The first-order valence-corrected chi connectivity index (χ1v) is 6.48. The number of nitrogens with one attached hydrogen (secondary N) is 1. The molecule has 1 heterocycles. The normalized spacial score (nSPS) is 10.2. The van der Waals surface area contributed by atoms with Gasteiger partial charge >= 0.3 is 5.97 Å². The number of aromatic amines is 1. The fourth-order valence-corrected chi connectivity index (χ4v) is 2.01. The molecule has 0 atom stereocenters. The van der Waals surface area contributed by atoms with Crippen LogP contribution in [-0.2, 0) is 4.74 Å². The summed E-state index contributed by atoms with van der Waals surface area (Å²) in [7, 11) is 3.14. The Morgan fingerprint density at radius 1 is 1.19 bits per heavy atom. The van der Waals surface area contributed by atoms with Gasteiger partial charge in [-0.05, 0) is 31.2 Å². The molecule has 2 rings (SSSR count). The Morgan fingerprint density at radius 2 is 1.90 bits per heavy atom. The van der Waals surface area contributed by atoms with E-state index in [9.17, 15) is 4.79 Å². The SMILES string of the molecule is CCOC(=O)c1cc(-c2ccc(OC)c(OC)c2)[nH]c1N. The number of rotatable bonds is 5. The zero-order valence-corrected chi connectivity index (χ0v) is 12.2. The van der Waals surface area contributed by atoms with Crippen LogP contribution in [0.4, 0.5) is 5.82 Å². The Hall–Kier alpha value is -2.63. The van der Waals surface area contributed by atoms with Crippen molar-refractivity contribution in [2.45, 2.75) is 6.92 Å². The van der Waals surface area contributed by atoms with Crippen LogP contribution in [0, 0.1) is 0 Å². The summed E-state index contributed by atoms with van der Waals surface area (Å²) in [4.78, 5) is 14.7. The highest BCUT2D eigenvalue weighted by Crippen LogP contribution is 2.33. The van der Waals surface area contributed by atoms with E-state index in [-0.39, 0.29) is 5.82 Å². The maximum absolute atomic E-state index is 11.8. The number of benzene rings is 1. The molecule has 0 aliphatic heterocycles. The highest BCUT2D eigenvalue weighted by molar-refractivity contribution is 5.96. The van der Waals surface area contributed by atoms with E-state index in [1.165, 1.54) is 0 Å². The van der Waals surface area contributed by atoms with Crippen molar-refractivity contribution in [2.75, 3.05) is 26.6 Å². The van der Waals surface area contributed by atoms with Crippen LogP contribution in [0.5, 0.6) is 11.5 Å². The Morgan fingerprint density at radius 3 is 2.52 bits per heavy atom. The zero-order chi connectivity index (χ0) is 15.4. The summed E-state index contributed by atoms with van der Waals surface area (Å²) in [5.41, 5.74) is 7.68. The van der Waals surface area contributed by atoms with E-state index in [4.69, 9.17) is 19.9 Å². The topological polar surface area (TPSA) is 86.6 Å². The van der Waals surface area contributed by atoms with Gasteiger partial charge in [0.2, 0.25) is 0 Å². The van der Waals surface area contributed by atoms with Gasteiger partial charge in [-0.25, -0.2) is 4.79 Å². The Kier molecular flexibility index (Phi) is 4.37. The minimum Gasteiger partial charge on any atom is -0.493 e. The number of ether oxygens (including phenoxy) is 3. The molecule has 21 heavy (non-hydrogen) atoms. The fourth-order valence-electron chi connectivity index (χ4n) is 2.01. The molecule has 0 amide bonds. The quantitative estimate of drug-likeness (QED) is 0.826. The number of aromatic nitrogens is 1. The van der Waals surface area contributed by atoms with E-state index in [1.807, 2.05) is 6.07 Å². The third-order valence-electron chi connectivity index (χ3n) is 3.04. The smallest absolute Gasteiger partial charge is 0.341 e. The number of nitrogen functional groups attached to an aromatic ring is 1. The van der Waals surface area contributed by atoms with Crippen LogP contribution in [0.25, 0.3) is 11.3 Å². The Bertz CT molecular complexity index is 649. The molecule has 6 nitrogen and oxygen atoms in total. The van der Waals surface area contributed by atoms with Gasteiger partial charge in [-0.2, -0.15) is 0 Å². The van der Waals surface area contributed by atoms with Crippen molar-refractivity contribution in [3.63, 3.8) is 0 Å². The van der Waals surface area contributed by atoms with E-state index in [0.29, 0.717) is 29.4 Å². The number of esters is 1. The van der Waals surface area contributed by atoms with Crippen molar-refractivity contribution in [2.24, 2.45) is 0 Å². The number of H-pyrrole nitrogens is 1. The third kappa shape index (κ3) is 2.94. The minimum absolute atomic E-state index is 0.276. The monoisotopic (exact) mass is 290 g/mol. The molecule has 6 heteroatoms. The number of methoxy groups -OCH3 is 2. The number of carbonyl (C=O) groups is 1. The van der Waals surface area contributed by atoms with E-state index in [1.54, 1.807) is 39.3 Å². The molecule has 0 saturated heterocycles. The van der Waals surface area contributed by atoms with Crippen LogP contribution in [0.2, 0.25) is 0 Å². The number of hydrogen-bond acceptors (Lipinski definition) is 5. The molecule has 0 aliphatic carbocycles. The summed E-state index contributed by atoms with van der Waals surface area (Å²) < 4.78 is 15.4. The van der Waals surface area contributed by atoms with E-state index >= 15 is 0 Å².